The van der Waals surface area contributed by atoms with E-state index >= 15 is 0 Å². The van der Waals surface area contributed by atoms with Gasteiger partial charge in [0.2, 0.25) is 0 Å². The molecule has 1 N–H and O–H groups in total. The summed E-state index contributed by atoms with van der Waals surface area (Å²) in [6, 6.07) is 13.1. The molecule has 4 aromatic rings. The first-order valence-electron chi connectivity index (χ1n) is 11.2. The van der Waals surface area contributed by atoms with Gasteiger partial charge in [-0.15, -0.1) is 5.10 Å². The van der Waals surface area contributed by atoms with Crippen LogP contribution >= 0.6 is 0 Å². The molecule has 0 radical (unpaired) electrons. The number of rotatable bonds is 3. The summed E-state index contributed by atoms with van der Waals surface area (Å²) in [5, 5.41) is 8.79. The molecule has 6 rings (SSSR count). The van der Waals surface area contributed by atoms with Crippen LogP contribution in [0.4, 0.5) is 10.2 Å². The van der Waals surface area contributed by atoms with Crippen LogP contribution in [0.1, 0.15) is 18.4 Å². The first-order chi connectivity index (χ1) is 15.7. The largest absolute Gasteiger partial charge is 0.353 e. The number of benzene rings is 1. The maximum absolute atomic E-state index is 13.6. The van der Waals surface area contributed by atoms with E-state index in [0.717, 1.165) is 59.2 Å². The van der Waals surface area contributed by atoms with E-state index in [1.807, 2.05) is 16.6 Å². The quantitative estimate of drug-likeness (QED) is 0.533. The van der Waals surface area contributed by atoms with E-state index in [1.165, 1.54) is 25.0 Å². The molecule has 0 bridgehead atoms. The second kappa shape index (κ2) is 7.67. The van der Waals surface area contributed by atoms with Gasteiger partial charge < -0.3 is 10.2 Å². The fourth-order valence-corrected chi connectivity index (χ4v) is 5.17. The van der Waals surface area contributed by atoms with Crippen molar-refractivity contribution in [1.29, 1.82) is 0 Å². The molecule has 2 aliphatic rings. The maximum Gasteiger partial charge on any atom is 0.155 e. The monoisotopic (exact) mass is 428 g/mol. The second-order valence-electron chi connectivity index (χ2n) is 8.84. The summed E-state index contributed by atoms with van der Waals surface area (Å²) in [5.41, 5.74) is 5.42. The van der Waals surface area contributed by atoms with Crippen molar-refractivity contribution in [3.05, 3.63) is 66.2 Å². The molecule has 32 heavy (non-hydrogen) atoms. The summed E-state index contributed by atoms with van der Waals surface area (Å²) >= 11 is 0. The van der Waals surface area contributed by atoms with Gasteiger partial charge in [0, 0.05) is 42.7 Å². The van der Waals surface area contributed by atoms with Crippen LogP contribution in [-0.2, 0) is 0 Å². The zero-order valence-corrected chi connectivity index (χ0v) is 18.0. The van der Waals surface area contributed by atoms with Crippen LogP contribution in [0, 0.1) is 18.7 Å². The number of hydrogen-bond donors (Lipinski definition) is 1. The van der Waals surface area contributed by atoms with Gasteiger partial charge in [-0.2, -0.15) is 0 Å². The lowest BCUT2D eigenvalue weighted by atomic mass is 9.94. The third-order valence-corrected chi connectivity index (χ3v) is 6.74. The Morgan fingerprint density at radius 3 is 2.62 bits per heavy atom. The van der Waals surface area contributed by atoms with Gasteiger partial charge in [0.15, 0.2) is 11.5 Å². The summed E-state index contributed by atoms with van der Waals surface area (Å²) in [4.78, 5) is 11.5. The van der Waals surface area contributed by atoms with Gasteiger partial charge in [-0.25, -0.2) is 13.9 Å². The average Bonchev–Trinajstić information content (AvgIpc) is 3.40. The highest BCUT2D eigenvalue weighted by Crippen LogP contribution is 2.35. The topological polar surface area (TPSA) is 58.4 Å². The van der Waals surface area contributed by atoms with E-state index in [9.17, 15) is 4.39 Å². The first kappa shape index (κ1) is 19.4. The molecule has 0 aliphatic carbocycles. The van der Waals surface area contributed by atoms with E-state index in [4.69, 9.17) is 10.1 Å². The lowest BCUT2D eigenvalue weighted by Gasteiger charge is -2.24. The molecule has 2 saturated heterocycles. The minimum atomic E-state index is -0.261. The number of imidazole rings is 1. The Hall–Kier alpha value is -3.32. The zero-order chi connectivity index (χ0) is 21.7. The van der Waals surface area contributed by atoms with E-state index in [-0.39, 0.29) is 5.82 Å². The van der Waals surface area contributed by atoms with Gasteiger partial charge in [-0.05, 0) is 80.3 Å². The van der Waals surface area contributed by atoms with Crippen LogP contribution in [-0.4, -0.2) is 45.3 Å². The molecule has 2 aliphatic heterocycles. The van der Waals surface area contributed by atoms with Gasteiger partial charge in [-0.3, -0.25) is 4.98 Å². The minimum Gasteiger partial charge on any atom is -0.353 e. The highest BCUT2D eigenvalue weighted by molar-refractivity contribution is 5.82. The number of anilines is 1. The van der Waals surface area contributed by atoms with Crippen molar-refractivity contribution in [3.8, 4) is 22.5 Å². The number of nitrogens with zero attached hydrogens (tertiary/aromatic N) is 5. The molecule has 0 unspecified atom stereocenters. The lowest BCUT2D eigenvalue weighted by Crippen LogP contribution is -2.40. The van der Waals surface area contributed by atoms with E-state index in [1.54, 1.807) is 24.5 Å². The van der Waals surface area contributed by atoms with Crippen molar-refractivity contribution in [3.63, 3.8) is 0 Å². The Balaban J connectivity index is 1.51. The number of aryl methyl sites for hydroxylation is 1. The van der Waals surface area contributed by atoms with Crippen molar-refractivity contribution < 1.29 is 4.39 Å². The molecule has 0 saturated carbocycles. The number of fused-ring (bicyclic) bond motifs is 2. The van der Waals surface area contributed by atoms with Crippen molar-refractivity contribution in [2.24, 2.45) is 5.92 Å². The van der Waals surface area contributed by atoms with Gasteiger partial charge in [-0.1, -0.05) is 0 Å². The summed E-state index contributed by atoms with van der Waals surface area (Å²) in [6.45, 7) is 5.22. The van der Waals surface area contributed by atoms with E-state index in [0.29, 0.717) is 12.0 Å². The van der Waals surface area contributed by atoms with Crippen molar-refractivity contribution >= 4 is 11.5 Å². The average molecular weight is 429 g/mol. The third kappa shape index (κ3) is 3.24. The number of aromatic nitrogens is 4. The predicted octanol–water partition coefficient (Wildman–Crippen LogP) is 4.09. The molecule has 0 amide bonds. The Bertz CT molecular complexity index is 1250. The molecular formula is C25H25FN6. The maximum atomic E-state index is 13.6. The number of halogens is 1. The number of piperidine rings is 1. The van der Waals surface area contributed by atoms with Crippen LogP contribution in [0.3, 0.4) is 0 Å². The van der Waals surface area contributed by atoms with E-state index in [2.05, 4.69) is 28.2 Å². The Morgan fingerprint density at radius 1 is 1.03 bits per heavy atom. The molecule has 1 aromatic carbocycles. The lowest BCUT2D eigenvalue weighted by molar-refractivity contribution is 0.340. The highest BCUT2D eigenvalue weighted by Gasteiger charge is 2.35. The van der Waals surface area contributed by atoms with Gasteiger partial charge in [0.05, 0.1) is 5.69 Å². The normalized spacial score (nSPS) is 20.6. The molecule has 5 heterocycles. The van der Waals surface area contributed by atoms with Crippen molar-refractivity contribution in [2.75, 3.05) is 24.5 Å². The SMILES string of the molecule is Cc1cc2nc(-c3ccc(F)cc3)c(-c3ccncc3)n2nc1N1C[C@@H]2CCCN[C@@H]2C1. The number of hydrogen-bond acceptors (Lipinski definition) is 5. The third-order valence-electron chi connectivity index (χ3n) is 6.74. The predicted molar refractivity (Wildman–Crippen MR) is 123 cm³/mol. The van der Waals surface area contributed by atoms with Crippen LogP contribution in [0.5, 0.6) is 0 Å². The zero-order valence-electron chi connectivity index (χ0n) is 18.0. The molecule has 6 nitrogen and oxygen atoms in total. The summed E-state index contributed by atoms with van der Waals surface area (Å²) in [5.74, 6) is 1.42. The van der Waals surface area contributed by atoms with Gasteiger partial charge in [0.25, 0.3) is 0 Å². The standard InChI is InChI=1S/C25H25FN6/c1-16-13-22-29-23(17-4-6-20(26)7-5-17)24(18-8-11-27-12-9-18)32(22)30-25(16)31-14-19-3-2-10-28-21(19)15-31/h4-9,11-13,19,21,28H,2-3,10,14-15H2,1H3/t19-,21+/m0/s1. The molecule has 2 atom stereocenters. The first-order valence-corrected chi connectivity index (χ1v) is 11.2. The fraction of sp³-hybridized carbons (Fsp3) is 0.320. The summed E-state index contributed by atoms with van der Waals surface area (Å²) in [6.07, 6.45) is 6.07. The molecule has 162 valence electrons. The van der Waals surface area contributed by atoms with Crippen LogP contribution in [0.15, 0.2) is 54.9 Å². The van der Waals surface area contributed by atoms with E-state index < -0.39 is 0 Å². The van der Waals surface area contributed by atoms with Gasteiger partial charge in [0.1, 0.15) is 11.5 Å². The Kier molecular flexibility index (Phi) is 4.64. The van der Waals surface area contributed by atoms with Crippen molar-refractivity contribution in [1.82, 2.24) is 24.9 Å². The fourth-order valence-electron chi connectivity index (χ4n) is 5.17. The van der Waals surface area contributed by atoms with Crippen LogP contribution in [0.2, 0.25) is 0 Å². The van der Waals surface area contributed by atoms with Crippen molar-refractivity contribution in [2.45, 2.75) is 25.8 Å². The number of nitrogens with one attached hydrogen (secondary N) is 1. The molecule has 2 fully saturated rings. The minimum absolute atomic E-state index is 0.261. The molecule has 0 spiro atoms. The van der Waals surface area contributed by atoms with Crippen LogP contribution < -0.4 is 10.2 Å². The number of pyridine rings is 1. The van der Waals surface area contributed by atoms with Gasteiger partial charge >= 0.3 is 0 Å². The summed E-state index contributed by atoms with van der Waals surface area (Å²) in [7, 11) is 0. The Labute approximate surface area is 186 Å². The second-order valence-corrected chi connectivity index (χ2v) is 8.84. The highest BCUT2D eigenvalue weighted by atomic mass is 19.1. The molecular weight excluding hydrogens is 403 g/mol. The molecule has 7 heteroatoms. The smallest absolute Gasteiger partial charge is 0.155 e. The Morgan fingerprint density at radius 2 is 1.84 bits per heavy atom. The summed E-state index contributed by atoms with van der Waals surface area (Å²) < 4.78 is 15.5. The molecule has 3 aromatic heterocycles. The van der Waals surface area contributed by atoms with Crippen LogP contribution in [0.25, 0.3) is 28.2 Å².